The van der Waals surface area contributed by atoms with Crippen molar-refractivity contribution in [3.63, 3.8) is 0 Å². The normalized spacial score (nSPS) is 10.5. The van der Waals surface area contributed by atoms with Gasteiger partial charge in [-0.15, -0.1) is 0 Å². The van der Waals surface area contributed by atoms with Gasteiger partial charge in [-0.25, -0.2) is 4.68 Å². The molecule has 0 radical (unpaired) electrons. The van der Waals surface area contributed by atoms with Crippen LogP contribution in [-0.4, -0.2) is 21.8 Å². The number of non-ortho nitro benzene ring substituents is 1. The van der Waals surface area contributed by atoms with Gasteiger partial charge in [-0.2, -0.15) is 5.10 Å². The van der Waals surface area contributed by atoms with Gasteiger partial charge in [-0.1, -0.05) is 11.6 Å². The highest BCUT2D eigenvalue weighted by Crippen LogP contribution is 2.29. The summed E-state index contributed by atoms with van der Waals surface area (Å²) in [6.45, 7) is 0. The number of nitro groups is 1. The Hall–Kier alpha value is -2.86. The molecule has 0 aliphatic heterocycles. The van der Waals surface area contributed by atoms with Gasteiger partial charge in [0.2, 0.25) is 0 Å². The quantitative estimate of drug-likeness (QED) is 0.533. The lowest BCUT2D eigenvalue weighted by Gasteiger charge is -2.03. The number of nitrogens with zero attached hydrogens (tertiary/aromatic N) is 3. The van der Waals surface area contributed by atoms with Gasteiger partial charge < -0.3 is 4.74 Å². The van der Waals surface area contributed by atoms with Crippen LogP contribution in [0.15, 0.2) is 54.7 Å². The van der Waals surface area contributed by atoms with Gasteiger partial charge in [0.25, 0.3) is 5.69 Å². The summed E-state index contributed by atoms with van der Waals surface area (Å²) >= 11 is 6.25. The van der Waals surface area contributed by atoms with E-state index in [-0.39, 0.29) is 5.69 Å². The Labute approximate surface area is 137 Å². The zero-order valence-corrected chi connectivity index (χ0v) is 12.9. The van der Waals surface area contributed by atoms with Crippen molar-refractivity contribution in [1.82, 2.24) is 9.78 Å². The Bertz CT molecular complexity index is 842. The van der Waals surface area contributed by atoms with E-state index < -0.39 is 4.92 Å². The predicted molar refractivity (Wildman–Crippen MR) is 87.2 cm³/mol. The number of rotatable bonds is 4. The minimum Gasteiger partial charge on any atom is -0.497 e. The molecular weight excluding hydrogens is 318 g/mol. The summed E-state index contributed by atoms with van der Waals surface area (Å²) < 4.78 is 6.77. The maximum Gasteiger partial charge on any atom is 0.269 e. The smallest absolute Gasteiger partial charge is 0.269 e. The number of nitro benzene ring substituents is 1. The molecule has 0 unspecified atom stereocenters. The first-order valence-corrected chi connectivity index (χ1v) is 7.10. The van der Waals surface area contributed by atoms with E-state index >= 15 is 0 Å². The molecule has 2 aromatic carbocycles. The van der Waals surface area contributed by atoms with Crippen molar-refractivity contribution < 1.29 is 9.66 Å². The average molecular weight is 330 g/mol. The van der Waals surface area contributed by atoms with Crippen LogP contribution in [0.4, 0.5) is 5.69 Å². The SMILES string of the molecule is COc1ccc(-n2cc(Cl)c(-c3ccc([N+](=O)[O-])cc3)n2)cc1. The molecule has 7 heteroatoms. The number of benzene rings is 2. The van der Waals surface area contributed by atoms with Crippen LogP contribution in [0, 0.1) is 10.1 Å². The van der Waals surface area contributed by atoms with Crippen molar-refractivity contribution in [2.75, 3.05) is 7.11 Å². The molecule has 116 valence electrons. The molecule has 0 saturated carbocycles. The van der Waals surface area contributed by atoms with E-state index in [0.29, 0.717) is 16.3 Å². The van der Waals surface area contributed by atoms with Gasteiger partial charge in [0.15, 0.2) is 0 Å². The van der Waals surface area contributed by atoms with Gasteiger partial charge in [0, 0.05) is 17.7 Å². The lowest BCUT2D eigenvalue weighted by Crippen LogP contribution is -1.95. The molecule has 1 aromatic heterocycles. The Morgan fingerprint density at radius 2 is 1.78 bits per heavy atom. The van der Waals surface area contributed by atoms with E-state index in [2.05, 4.69) is 5.10 Å². The maximum atomic E-state index is 10.7. The third kappa shape index (κ3) is 3.02. The summed E-state index contributed by atoms with van der Waals surface area (Å²) in [6, 6.07) is 13.5. The standard InChI is InChI=1S/C16H12ClN3O3/c1-23-14-8-6-12(7-9-14)19-10-15(17)16(18-19)11-2-4-13(5-3-11)20(21)22/h2-10H,1H3. The second kappa shape index (κ2) is 6.10. The average Bonchev–Trinajstić information content (AvgIpc) is 2.97. The minimum absolute atomic E-state index is 0.0273. The van der Waals surface area contributed by atoms with E-state index in [4.69, 9.17) is 16.3 Å². The summed E-state index contributed by atoms with van der Waals surface area (Å²) in [5.74, 6) is 0.752. The fourth-order valence-electron chi connectivity index (χ4n) is 2.16. The summed E-state index contributed by atoms with van der Waals surface area (Å²) in [5, 5.41) is 15.6. The molecule has 0 fully saturated rings. The molecule has 23 heavy (non-hydrogen) atoms. The molecule has 1 heterocycles. The van der Waals surface area contributed by atoms with Gasteiger partial charge in [0.05, 0.1) is 28.9 Å². The van der Waals surface area contributed by atoms with E-state index in [9.17, 15) is 10.1 Å². The second-order valence-electron chi connectivity index (χ2n) is 4.77. The Morgan fingerprint density at radius 1 is 1.13 bits per heavy atom. The van der Waals surface area contributed by atoms with E-state index in [1.54, 1.807) is 30.1 Å². The van der Waals surface area contributed by atoms with Gasteiger partial charge in [-0.3, -0.25) is 10.1 Å². The fraction of sp³-hybridized carbons (Fsp3) is 0.0625. The number of ether oxygens (including phenoxy) is 1. The molecular formula is C16H12ClN3O3. The lowest BCUT2D eigenvalue weighted by molar-refractivity contribution is -0.384. The first kappa shape index (κ1) is 15.1. The number of methoxy groups -OCH3 is 1. The highest BCUT2D eigenvalue weighted by atomic mass is 35.5. The number of halogens is 1. The third-order valence-electron chi connectivity index (χ3n) is 3.36. The fourth-order valence-corrected chi connectivity index (χ4v) is 2.40. The molecule has 0 spiro atoms. The van der Waals surface area contributed by atoms with Gasteiger partial charge in [0.1, 0.15) is 11.4 Å². The van der Waals surface area contributed by atoms with Crippen LogP contribution in [-0.2, 0) is 0 Å². The first-order valence-electron chi connectivity index (χ1n) is 6.73. The molecule has 6 nitrogen and oxygen atoms in total. The van der Waals surface area contributed by atoms with Crippen LogP contribution < -0.4 is 4.74 Å². The van der Waals surface area contributed by atoms with Gasteiger partial charge in [-0.05, 0) is 36.4 Å². The Morgan fingerprint density at radius 3 is 2.35 bits per heavy atom. The zero-order chi connectivity index (χ0) is 16.4. The van der Waals surface area contributed by atoms with Crippen LogP contribution in [0.1, 0.15) is 0 Å². The molecule has 3 aromatic rings. The minimum atomic E-state index is -0.443. The van der Waals surface area contributed by atoms with Crippen molar-refractivity contribution in [3.05, 3.63) is 69.9 Å². The zero-order valence-electron chi connectivity index (χ0n) is 12.1. The van der Waals surface area contributed by atoms with Crippen LogP contribution in [0.5, 0.6) is 5.75 Å². The topological polar surface area (TPSA) is 70.2 Å². The van der Waals surface area contributed by atoms with Crippen LogP contribution >= 0.6 is 11.6 Å². The van der Waals surface area contributed by atoms with Crippen LogP contribution in [0.3, 0.4) is 0 Å². The van der Waals surface area contributed by atoms with Gasteiger partial charge >= 0.3 is 0 Å². The molecule has 0 bridgehead atoms. The highest BCUT2D eigenvalue weighted by Gasteiger charge is 2.12. The van der Waals surface area contributed by atoms with Crippen molar-refractivity contribution in [2.45, 2.75) is 0 Å². The molecule has 0 amide bonds. The number of aromatic nitrogens is 2. The van der Waals surface area contributed by atoms with Crippen LogP contribution in [0.25, 0.3) is 16.9 Å². The van der Waals surface area contributed by atoms with E-state index in [1.165, 1.54) is 12.1 Å². The second-order valence-corrected chi connectivity index (χ2v) is 5.18. The maximum absolute atomic E-state index is 10.7. The third-order valence-corrected chi connectivity index (χ3v) is 3.63. The summed E-state index contributed by atoms with van der Waals surface area (Å²) in [4.78, 5) is 10.3. The lowest BCUT2D eigenvalue weighted by atomic mass is 10.1. The molecule has 0 aliphatic rings. The van der Waals surface area contributed by atoms with Crippen LogP contribution in [0.2, 0.25) is 5.02 Å². The summed E-state index contributed by atoms with van der Waals surface area (Å²) in [7, 11) is 1.60. The predicted octanol–water partition coefficient (Wildman–Crippen LogP) is 4.11. The molecule has 0 atom stereocenters. The Balaban J connectivity index is 1.95. The largest absolute Gasteiger partial charge is 0.497 e. The van der Waals surface area contributed by atoms with Crippen molar-refractivity contribution >= 4 is 17.3 Å². The molecule has 0 aliphatic carbocycles. The van der Waals surface area contributed by atoms with Crippen molar-refractivity contribution in [2.24, 2.45) is 0 Å². The molecule has 0 saturated heterocycles. The molecule has 0 N–H and O–H groups in total. The number of hydrogen-bond donors (Lipinski definition) is 0. The van der Waals surface area contributed by atoms with Crippen molar-refractivity contribution in [1.29, 1.82) is 0 Å². The molecule has 3 rings (SSSR count). The summed E-state index contributed by atoms with van der Waals surface area (Å²) in [6.07, 6.45) is 1.69. The van der Waals surface area contributed by atoms with Crippen molar-refractivity contribution in [3.8, 4) is 22.7 Å². The van der Waals surface area contributed by atoms with E-state index in [0.717, 1.165) is 11.4 Å². The summed E-state index contributed by atoms with van der Waals surface area (Å²) in [5.41, 5.74) is 2.14. The van der Waals surface area contributed by atoms with E-state index in [1.807, 2.05) is 24.3 Å². The first-order chi connectivity index (χ1) is 11.1. The Kier molecular flexibility index (Phi) is 3.99. The highest BCUT2D eigenvalue weighted by molar-refractivity contribution is 6.33. The monoisotopic (exact) mass is 329 g/mol. The number of hydrogen-bond acceptors (Lipinski definition) is 4.